The predicted octanol–water partition coefficient (Wildman–Crippen LogP) is 1.83. The molecule has 172 valence electrons. The second-order valence-corrected chi connectivity index (χ2v) is 11.0. The normalized spacial score (nSPS) is 16.3. The SMILES string of the molecule is C=CCNC(=O)c1cccc(S(=O)(=O)N2CCCN(S(=O)(=O)c3ccc(F)cc3)CC2)c1. The van der Waals surface area contributed by atoms with Crippen LogP contribution in [-0.4, -0.2) is 64.1 Å². The number of nitrogens with zero attached hydrogens (tertiary/aromatic N) is 2. The summed E-state index contributed by atoms with van der Waals surface area (Å²) in [5.41, 5.74) is 0.197. The van der Waals surface area contributed by atoms with E-state index < -0.39 is 31.8 Å². The Morgan fingerprint density at radius 3 is 2.12 bits per heavy atom. The van der Waals surface area contributed by atoms with E-state index in [-0.39, 0.29) is 48.1 Å². The van der Waals surface area contributed by atoms with Crippen LogP contribution in [-0.2, 0) is 20.0 Å². The van der Waals surface area contributed by atoms with Gasteiger partial charge < -0.3 is 5.32 Å². The summed E-state index contributed by atoms with van der Waals surface area (Å²) in [5.74, 6) is -0.966. The van der Waals surface area contributed by atoms with E-state index in [4.69, 9.17) is 0 Å². The van der Waals surface area contributed by atoms with Gasteiger partial charge in [-0.25, -0.2) is 21.2 Å². The zero-order valence-corrected chi connectivity index (χ0v) is 18.9. The average molecular weight is 482 g/mol. The van der Waals surface area contributed by atoms with Gasteiger partial charge in [0.1, 0.15) is 5.82 Å². The van der Waals surface area contributed by atoms with Gasteiger partial charge in [-0.05, 0) is 48.9 Å². The van der Waals surface area contributed by atoms with Crippen LogP contribution in [0, 0.1) is 5.82 Å². The highest BCUT2D eigenvalue weighted by atomic mass is 32.2. The van der Waals surface area contributed by atoms with Gasteiger partial charge in [0.25, 0.3) is 5.91 Å². The summed E-state index contributed by atoms with van der Waals surface area (Å²) in [6.45, 7) is 3.94. The fraction of sp³-hybridized carbons (Fsp3) is 0.286. The van der Waals surface area contributed by atoms with Crippen LogP contribution in [0.25, 0.3) is 0 Å². The number of hydrogen-bond donors (Lipinski definition) is 1. The molecule has 0 atom stereocenters. The van der Waals surface area contributed by atoms with Crippen molar-refractivity contribution in [3.63, 3.8) is 0 Å². The molecule has 2 aromatic rings. The number of carbonyl (C=O) groups is 1. The van der Waals surface area contributed by atoms with Crippen molar-refractivity contribution in [3.05, 3.63) is 72.6 Å². The minimum Gasteiger partial charge on any atom is -0.349 e. The average Bonchev–Trinajstić information content (AvgIpc) is 3.05. The highest BCUT2D eigenvalue weighted by Gasteiger charge is 2.32. The van der Waals surface area contributed by atoms with Gasteiger partial charge in [0.15, 0.2) is 0 Å². The molecule has 0 spiro atoms. The Morgan fingerprint density at radius 1 is 0.938 bits per heavy atom. The van der Waals surface area contributed by atoms with Gasteiger partial charge in [0, 0.05) is 38.3 Å². The highest BCUT2D eigenvalue weighted by molar-refractivity contribution is 7.89. The molecule has 32 heavy (non-hydrogen) atoms. The minimum atomic E-state index is -3.94. The third-order valence-corrected chi connectivity index (χ3v) is 8.81. The van der Waals surface area contributed by atoms with Crippen molar-refractivity contribution < 1.29 is 26.0 Å². The molecule has 0 bridgehead atoms. The summed E-state index contributed by atoms with van der Waals surface area (Å²) in [7, 11) is -7.82. The van der Waals surface area contributed by atoms with Crippen LogP contribution in [0.1, 0.15) is 16.8 Å². The third kappa shape index (κ3) is 5.23. The maximum atomic E-state index is 13.2. The second kappa shape index (κ2) is 9.90. The van der Waals surface area contributed by atoms with Gasteiger partial charge >= 0.3 is 0 Å². The monoisotopic (exact) mass is 481 g/mol. The number of halogens is 1. The van der Waals surface area contributed by atoms with E-state index in [0.29, 0.717) is 6.42 Å². The first-order chi connectivity index (χ1) is 15.2. The molecule has 1 amide bonds. The number of hydrogen-bond acceptors (Lipinski definition) is 5. The van der Waals surface area contributed by atoms with E-state index in [2.05, 4.69) is 11.9 Å². The number of amides is 1. The fourth-order valence-electron chi connectivity index (χ4n) is 3.32. The van der Waals surface area contributed by atoms with E-state index >= 15 is 0 Å². The molecule has 1 aliphatic rings. The molecule has 8 nitrogen and oxygen atoms in total. The van der Waals surface area contributed by atoms with Crippen molar-refractivity contribution >= 4 is 26.0 Å². The lowest BCUT2D eigenvalue weighted by Crippen LogP contribution is -2.37. The molecule has 0 unspecified atom stereocenters. The number of nitrogens with one attached hydrogen (secondary N) is 1. The molecular formula is C21H24FN3O5S2. The maximum Gasteiger partial charge on any atom is 0.251 e. The van der Waals surface area contributed by atoms with Gasteiger partial charge in [-0.2, -0.15) is 8.61 Å². The molecule has 2 aromatic carbocycles. The van der Waals surface area contributed by atoms with Gasteiger partial charge in [-0.3, -0.25) is 4.79 Å². The van der Waals surface area contributed by atoms with E-state index in [0.717, 1.165) is 12.1 Å². The third-order valence-electron chi connectivity index (χ3n) is 5.01. The predicted molar refractivity (Wildman–Crippen MR) is 118 cm³/mol. The summed E-state index contributed by atoms with van der Waals surface area (Å²) in [6.07, 6.45) is 1.81. The molecule has 1 fully saturated rings. The van der Waals surface area contributed by atoms with Crippen molar-refractivity contribution in [3.8, 4) is 0 Å². The molecule has 1 heterocycles. The number of sulfonamides is 2. The van der Waals surface area contributed by atoms with Crippen LogP contribution < -0.4 is 5.32 Å². The Bertz CT molecular complexity index is 1200. The molecule has 0 aromatic heterocycles. The Morgan fingerprint density at radius 2 is 1.53 bits per heavy atom. The van der Waals surface area contributed by atoms with Crippen molar-refractivity contribution in [1.82, 2.24) is 13.9 Å². The maximum absolute atomic E-state index is 13.2. The largest absolute Gasteiger partial charge is 0.349 e. The molecule has 1 N–H and O–H groups in total. The topological polar surface area (TPSA) is 104 Å². The smallest absolute Gasteiger partial charge is 0.251 e. The van der Waals surface area contributed by atoms with Crippen molar-refractivity contribution in [1.29, 1.82) is 0 Å². The van der Waals surface area contributed by atoms with Gasteiger partial charge in [-0.1, -0.05) is 12.1 Å². The minimum absolute atomic E-state index is 0.0430. The Balaban J connectivity index is 1.78. The van der Waals surface area contributed by atoms with Crippen LogP contribution in [0.15, 0.2) is 71.0 Å². The summed E-state index contributed by atoms with van der Waals surface area (Å²) >= 11 is 0. The molecule has 1 aliphatic heterocycles. The molecule has 1 saturated heterocycles. The van der Waals surface area contributed by atoms with E-state index in [1.165, 1.54) is 51.1 Å². The van der Waals surface area contributed by atoms with Crippen molar-refractivity contribution in [2.45, 2.75) is 16.2 Å². The second-order valence-electron chi connectivity index (χ2n) is 7.14. The molecular weight excluding hydrogens is 457 g/mol. The fourth-order valence-corrected chi connectivity index (χ4v) is 6.31. The molecule has 0 saturated carbocycles. The molecule has 0 radical (unpaired) electrons. The van der Waals surface area contributed by atoms with Crippen molar-refractivity contribution in [2.75, 3.05) is 32.7 Å². The van der Waals surface area contributed by atoms with E-state index in [9.17, 15) is 26.0 Å². The van der Waals surface area contributed by atoms with E-state index in [1.54, 1.807) is 0 Å². The number of rotatable bonds is 7. The van der Waals surface area contributed by atoms with Crippen LogP contribution in [0.4, 0.5) is 4.39 Å². The Hall–Kier alpha value is -2.60. The van der Waals surface area contributed by atoms with Crippen LogP contribution >= 0.6 is 0 Å². The Kier molecular flexibility index (Phi) is 7.44. The van der Waals surface area contributed by atoms with Crippen molar-refractivity contribution in [2.24, 2.45) is 0 Å². The molecule has 11 heteroatoms. The summed E-state index contributed by atoms with van der Waals surface area (Å²) in [5, 5.41) is 2.60. The summed E-state index contributed by atoms with van der Waals surface area (Å²) in [6, 6.07) is 10.2. The van der Waals surface area contributed by atoms with Gasteiger partial charge in [-0.15, -0.1) is 6.58 Å². The zero-order chi connectivity index (χ0) is 23.4. The van der Waals surface area contributed by atoms with Crippen LogP contribution in [0.2, 0.25) is 0 Å². The number of carbonyl (C=O) groups excluding carboxylic acids is 1. The lowest BCUT2D eigenvalue weighted by molar-refractivity contribution is 0.0957. The lowest BCUT2D eigenvalue weighted by Gasteiger charge is -2.22. The zero-order valence-electron chi connectivity index (χ0n) is 17.3. The first-order valence-electron chi connectivity index (χ1n) is 9.91. The summed E-state index contributed by atoms with van der Waals surface area (Å²) < 4.78 is 67.6. The summed E-state index contributed by atoms with van der Waals surface area (Å²) in [4.78, 5) is 12.1. The van der Waals surface area contributed by atoms with Gasteiger partial charge in [0.05, 0.1) is 9.79 Å². The standard InChI is InChI=1S/C21H24FN3O5S2/c1-2-11-23-21(26)17-5-3-6-20(16-17)32(29,30)25-13-4-12-24(14-15-25)31(27,28)19-9-7-18(22)8-10-19/h2-3,5-10,16H,1,4,11-15H2,(H,23,26). The van der Waals surface area contributed by atoms with Gasteiger partial charge in [0.2, 0.25) is 20.0 Å². The quantitative estimate of drug-likeness (QED) is 0.608. The van der Waals surface area contributed by atoms with Crippen LogP contribution in [0.5, 0.6) is 0 Å². The first kappa shape index (κ1) is 24.1. The van der Waals surface area contributed by atoms with E-state index in [1.807, 2.05) is 0 Å². The Labute approximate surface area is 187 Å². The molecule has 3 rings (SSSR count). The lowest BCUT2D eigenvalue weighted by atomic mass is 10.2. The van der Waals surface area contributed by atoms with Crippen LogP contribution in [0.3, 0.4) is 0 Å². The highest BCUT2D eigenvalue weighted by Crippen LogP contribution is 2.22. The molecule has 0 aliphatic carbocycles. The first-order valence-corrected chi connectivity index (χ1v) is 12.8. The number of benzene rings is 2.